The molecule has 17 heavy (non-hydrogen) atoms. The van der Waals surface area contributed by atoms with Gasteiger partial charge in [-0.3, -0.25) is 0 Å². The summed E-state index contributed by atoms with van der Waals surface area (Å²) in [5.74, 6) is 0.261. The van der Waals surface area contributed by atoms with Crippen LogP contribution < -0.4 is 10.1 Å². The van der Waals surface area contributed by atoms with Crippen molar-refractivity contribution in [1.29, 1.82) is 0 Å². The number of anilines is 1. The Labute approximate surface area is 110 Å². The van der Waals surface area contributed by atoms with Crippen molar-refractivity contribution in [3.05, 3.63) is 34.2 Å². The molecule has 2 rings (SSSR count). The zero-order chi connectivity index (χ0) is 12.3. The molecule has 1 N–H and O–H groups in total. The molecule has 0 fully saturated rings. The Morgan fingerprint density at radius 1 is 1.53 bits per heavy atom. The van der Waals surface area contributed by atoms with E-state index in [0.29, 0.717) is 16.8 Å². The zero-order valence-electron chi connectivity index (χ0n) is 8.91. The third-order valence-electron chi connectivity index (χ3n) is 2.05. The van der Waals surface area contributed by atoms with Gasteiger partial charge in [-0.05, 0) is 34.1 Å². The lowest BCUT2D eigenvalue weighted by atomic mass is 10.3. The van der Waals surface area contributed by atoms with Gasteiger partial charge in [-0.25, -0.2) is 4.39 Å². The van der Waals surface area contributed by atoms with Gasteiger partial charge in [-0.15, -0.1) is 5.10 Å². The highest BCUT2D eigenvalue weighted by atomic mass is 79.9. The SMILES string of the molecule is CNc1snnc1COc1ccc(F)c(Br)c1. The fraction of sp³-hybridized carbons (Fsp3) is 0.200. The summed E-state index contributed by atoms with van der Waals surface area (Å²) in [4.78, 5) is 0. The van der Waals surface area contributed by atoms with Gasteiger partial charge in [0.1, 0.15) is 28.9 Å². The average Bonchev–Trinajstić information content (AvgIpc) is 2.78. The van der Waals surface area contributed by atoms with E-state index in [-0.39, 0.29) is 5.82 Å². The molecule has 0 radical (unpaired) electrons. The molecule has 1 aromatic heterocycles. The van der Waals surface area contributed by atoms with Crippen molar-refractivity contribution in [2.45, 2.75) is 6.61 Å². The van der Waals surface area contributed by atoms with Gasteiger partial charge in [0.05, 0.1) is 4.47 Å². The number of benzene rings is 1. The second-order valence-electron chi connectivity index (χ2n) is 3.16. The maximum atomic E-state index is 13.0. The standard InChI is InChI=1S/C10H9BrFN3OS/c1-13-10-9(14-15-17-10)5-16-6-2-3-8(12)7(11)4-6/h2-4,13H,5H2,1H3. The first-order valence-corrected chi connectivity index (χ1v) is 6.34. The second-order valence-corrected chi connectivity index (χ2v) is 4.77. The number of aromatic nitrogens is 2. The highest BCUT2D eigenvalue weighted by molar-refractivity contribution is 9.10. The maximum absolute atomic E-state index is 13.0. The lowest BCUT2D eigenvalue weighted by Crippen LogP contribution is -1.99. The van der Waals surface area contributed by atoms with Gasteiger partial charge in [-0.2, -0.15) is 0 Å². The predicted molar refractivity (Wildman–Crippen MR) is 67.9 cm³/mol. The van der Waals surface area contributed by atoms with Gasteiger partial charge >= 0.3 is 0 Å². The molecule has 4 nitrogen and oxygen atoms in total. The molecule has 0 aliphatic rings. The Morgan fingerprint density at radius 3 is 3.06 bits per heavy atom. The van der Waals surface area contributed by atoms with Crippen molar-refractivity contribution in [3.63, 3.8) is 0 Å². The number of nitrogens with one attached hydrogen (secondary N) is 1. The highest BCUT2D eigenvalue weighted by Crippen LogP contribution is 2.23. The fourth-order valence-corrected chi connectivity index (χ4v) is 2.09. The highest BCUT2D eigenvalue weighted by Gasteiger charge is 2.07. The van der Waals surface area contributed by atoms with Crippen molar-refractivity contribution >= 4 is 32.5 Å². The molecule has 0 amide bonds. The normalized spacial score (nSPS) is 10.3. The van der Waals surface area contributed by atoms with E-state index in [2.05, 4.69) is 30.8 Å². The second kappa shape index (κ2) is 5.42. The first-order valence-electron chi connectivity index (χ1n) is 4.77. The van der Waals surface area contributed by atoms with E-state index in [4.69, 9.17) is 4.74 Å². The van der Waals surface area contributed by atoms with Crippen LogP contribution in [0.15, 0.2) is 22.7 Å². The minimum absolute atomic E-state index is 0.296. The van der Waals surface area contributed by atoms with Crippen molar-refractivity contribution in [2.75, 3.05) is 12.4 Å². The Bertz CT molecular complexity index is 520. The lowest BCUT2D eigenvalue weighted by Gasteiger charge is -2.05. The summed E-state index contributed by atoms with van der Waals surface area (Å²) < 4.78 is 22.7. The Balaban J connectivity index is 2.05. The van der Waals surface area contributed by atoms with Gasteiger partial charge in [-0.1, -0.05) is 4.49 Å². The number of hydrogen-bond donors (Lipinski definition) is 1. The first-order chi connectivity index (χ1) is 8.20. The quantitative estimate of drug-likeness (QED) is 0.941. The molecule has 2 aromatic rings. The molecule has 0 bridgehead atoms. The largest absolute Gasteiger partial charge is 0.487 e. The predicted octanol–water partition coefficient (Wildman–Crippen LogP) is 3.06. The van der Waals surface area contributed by atoms with Gasteiger partial charge in [0, 0.05) is 18.6 Å². The Hall–Kier alpha value is -1.21. The van der Waals surface area contributed by atoms with Crippen LogP contribution in [0, 0.1) is 5.82 Å². The molecule has 7 heteroatoms. The van der Waals surface area contributed by atoms with E-state index < -0.39 is 0 Å². The number of hydrogen-bond acceptors (Lipinski definition) is 5. The molecular formula is C10H9BrFN3OS. The van der Waals surface area contributed by atoms with Gasteiger partial charge in [0.15, 0.2) is 0 Å². The topological polar surface area (TPSA) is 47.0 Å². The summed E-state index contributed by atoms with van der Waals surface area (Å²) in [5, 5.41) is 7.78. The molecular weight excluding hydrogens is 309 g/mol. The molecule has 0 aliphatic carbocycles. The van der Waals surface area contributed by atoms with Gasteiger partial charge in [0.25, 0.3) is 0 Å². The van der Waals surface area contributed by atoms with E-state index in [0.717, 1.165) is 10.7 Å². The first kappa shape index (κ1) is 12.3. The summed E-state index contributed by atoms with van der Waals surface area (Å²) >= 11 is 4.37. The molecule has 90 valence electrons. The molecule has 0 saturated heterocycles. The average molecular weight is 318 g/mol. The van der Waals surface area contributed by atoms with Crippen molar-refractivity contribution in [2.24, 2.45) is 0 Å². The smallest absolute Gasteiger partial charge is 0.137 e. The summed E-state index contributed by atoms with van der Waals surface area (Å²) in [6.07, 6.45) is 0. The maximum Gasteiger partial charge on any atom is 0.137 e. The van der Waals surface area contributed by atoms with Crippen LogP contribution in [-0.2, 0) is 6.61 Å². The van der Waals surface area contributed by atoms with Crippen LogP contribution in [-0.4, -0.2) is 16.6 Å². The van der Waals surface area contributed by atoms with E-state index in [1.54, 1.807) is 19.2 Å². The summed E-state index contributed by atoms with van der Waals surface area (Å²) in [7, 11) is 1.80. The lowest BCUT2D eigenvalue weighted by molar-refractivity contribution is 0.301. The van der Waals surface area contributed by atoms with Gasteiger partial charge in [0.2, 0.25) is 0 Å². The van der Waals surface area contributed by atoms with Gasteiger partial charge < -0.3 is 10.1 Å². The number of nitrogens with zero attached hydrogens (tertiary/aromatic N) is 2. The van der Waals surface area contributed by atoms with Crippen LogP contribution in [0.1, 0.15) is 5.69 Å². The van der Waals surface area contributed by atoms with E-state index in [1.165, 1.54) is 17.6 Å². The third kappa shape index (κ3) is 2.92. The number of rotatable bonds is 4. The summed E-state index contributed by atoms with van der Waals surface area (Å²) in [5.41, 5.74) is 0.734. The molecule has 0 atom stereocenters. The van der Waals surface area contributed by atoms with Crippen LogP contribution in [0.3, 0.4) is 0 Å². The minimum Gasteiger partial charge on any atom is -0.487 e. The molecule has 0 unspecified atom stereocenters. The van der Waals surface area contributed by atoms with Crippen molar-refractivity contribution < 1.29 is 9.13 Å². The van der Waals surface area contributed by atoms with Crippen LogP contribution >= 0.6 is 27.5 Å². The fourth-order valence-electron chi connectivity index (χ4n) is 1.21. The minimum atomic E-state index is -0.316. The van der Waals surface area contributed by atoms with Crippen molar-refractivity contribution in [3.8, 4) is 5.75 Å². The summed E-state index contributed by atoms with van der Waals surface area (Å²) in [6, 6.07) is 4.49. The zero-order valence-corrected chi connectivity index (χ0v) is 11.3. The molecule has 0 saturated carbocycles. The molecule has 0 aliphatic heterocycles. The third-order valence-corrected chi connectivity index (χ3v) is 3.44. The van der Waals surface area contributed by atoms with E-state index >= 15 is 0 Å². The Kier molecular flexibility index (Phi) is 3.90. The molecule has 1 aromatic carbocycles. The van der Waals surface area contributed by atoms with E-state index in [9.17, 15) is 4.39 Å². The van der Waals surface area contributed by atoms with Crippen LogP contribution in [0.4, 0.5) is 9.39 Å². The van der Waals surface area contributed by atoms with Crippen molar-refractivity contribution in [1.82, 2.24) is 9.59 Å². The number of ether oxygens (including phenoxy) is 1. The molecule has 0 spiro atoms. The molecule has 1 heterocycles. The Morgan fingerprint density at radius 2 is 2.35 bits per heavy atom. The number of halogens is 2. The monoisotopic (exact) mass is 317 g/mol. The van der Waals surface area contributed by atoms with E-state index in [1.807, 2.05) is 0 Å². The van der Waals surface area contributed by atoms with Crippen LogP contribution in [0.5, 0.6) is 5.75 Å². The summed E-state index contributed by atoms with van der Waals surface area (Å²) in [6.45, 7) is 0.296. The van der Waals surface area contributed by atoms with Crippen LogP contribution in [0.25, 0.3) is 0 Å². The van der Waals surface area contributed by atoms with Crippen LogP contribution in [0.2, 0.25) is 0 Å².